The van der Waals surface area contributed by atoms with Crippen LogP contribution in [0.15, 0.2) is 29.2 Å². The van der Waals surface area contributed by atoms with Gasteiger partial charge in [-0.05, 0) is 52.8 Å². The molecule has 0 unspecified atom stereocenters. The second-order valence-corrected chi connectivity index (χ2v) is 10.2. The van der Waals surface area contributed by atoms with Crippen LogP contribution in [-0.4, -0.2) is 52.4 Å². The largest absolute Gasteiger partial charge is 0.444 e. The molecule has 2 fully saturated rings. The second kappa shape index (κ2) is 8.35. The Bertz CT molecular complexity index is 805. The minimum Gasteiger partial charge on any atom is -0.444 e. The average Bonchev–Trinajstić information content (AvgIpc) is 3.03. The molecule has 0 N–H and O–H groups in total. The summed E-state index contributed by atoms with van der Waals surface area (Å²) in [6, 6.07) is 9.05. The Morgan fingerprint density at radius 1 is 1.31 bits per heavy atom. The fraction of sp³-hybridized carbons (Fsp3) is 0.619. The highest BCUT2D eigenvalue weighted by Crippen LogP contribution is 2.43. The van der Waals surface area contributed by atoms with Gasteiger partial charge in [-0.1, -0.05) is 17.7 Å². The number of nitriles is 1. The Labute approximate surface area is 181 Å². The van der Waals surface area contributed by atoms with Crippen LogP contribution < -0.4 is 0 Å². The highest BCUT2D eigenvalue weighted by Gasteiger charge is 2.59. The second-order valence-electron chi connectivity index (χ2n) is 8.72. The lowest BCUT2D eigenvalue weighted by Gasteiger charge is -2.34. The van der Waals surface area contributed by atoms with Gasteiger partial charge in [0.25, 0.3) is 0 Å². The molecule has 29 heavy (non-hydrogen) atoms. The molecule has 0 aromatic heterocycles. The molecule has 3 rings (SSSR count). The summed E-state index contributed by atoms with van der Waals surface area (Å²) in [7, 11) is 0. The first-order valence-electron chi connectivity index (χ1n) is 9.63. The number of carbonyl (C=O) groups is 1. The summed E-state index contributed by atoms with van der Waals surface area (Å²) >= 11 is 7.69. The maximum Gasteiger partial charge on any atom is 0.411 e. The summed E-state index contributed by atoms with van der Waals surface area (Å²) in [5.41, 5.74) is -0.641. The summed E-state index contributed by atoms with van der Waals surface area (Å²) in [6.07, 6.45) is -1.00. The van der Waals surface area contributed by atoms with Gasteiger partial charge in [0.1, 0.15) is 17.8 Å². The molecule has 1 amide bonds. The van der Waals surface area contributed by atoms with Gasteiger partial charge in [-0.2, -0.15) is 5.26 Å². The van der Waals surface area contributed by atoms with Gasteiger partial charge in [-0.15, -0.1) is 11.8 Å². The van der Waals surface area contributed by atoms with Gasteiger partial charge < -0.3 is 14.2 Å². The summed E-state index contributed by atoms with van der Waals surface area (Å²) in [5.74, 6) is -0.190. The normalized spacial score (nSPS) is 28.1. The first-order valence-corrected chi connectivity index (χ1v) is 11.0. The highest BCUT2D eigenvalue weighted by molar-refractivity contribution is 7.99. The van der Waals surface area contributed by atoms with Crippen molar-refractivity contribution in [3.8, 4) is 6.07 Å². The number of thioether (sulfide) groups is 1. The van der Waals surface area contributed by atoms with E-state index in [1.807, 2.05) is 58.9 Å². The monoisotopic (exact) mass is 438 g/mol. The zero-order chi connectivity index (χ0) is 21.4. The van der Waals surface area contributed by atoms with E-state index in [9.17, 15) is 10.1 Å². The van der Waals surface area contributed by atoms with E-state index in [1.165, 1.54) is 0 Å². The number of benzene rings is 1. The smallest absolute Gasteiger partial charge is 0.411 e. The zero-order valence-electron chi connectivity index (χ0n) is 17.3. The van der Waals surface area contributed by atoms with Gasteiger partial charge in [0, 0.05) is 15.7 Å². The molecule has 0 saturated carbocycles. The molecule has 4 atom stereocenters. The number of fused-ring (bicyclic) bond motifs is 1. The number of nitrogens with zero attached hydrogens (tertiary/aromatic N) is 2. The van der Waals surface area contributed by atoms with Gasteiger partial charge in [0.15, 0.2) is 5.79 Å². The summed E-state index contributed by atoms with van der Waals surface area (Å²) < 4.78 is 17.9. The van der Waals surface area contributed by atoms with Gasteiger partial charge in [0.2, 0.25) is 0 Å². The third kappa shape index (κ3) is 5.18. The Kier molecular flexibility index (Phi) is 6.40. The van der Waals surface area contributed by atoms with Crippen molar-refractivity contribution in [3.05, 3.63) is 29.3 Å². The van der Waals surface area contributed by atoms with Crippen molar-refractivity contribution in [2.24, 2.45) is 0 Å². The van der Waals surface area contributed by atoms with E-state index in [2.05, 4.69) is 6.07 Å². The van der Waals surface area contributed by atoms with Crippen molar-refractivity contribution >= 4 is 29.5 Å². The molecule has 0 spiro atoms. The fourth-order valence-electron chi connectivity index (χ4n) is 3.78. The Hall–Kier alpha value is -1.46. The summed E-state index contributed by atoms with van der Waals surface area (Å²) in [4.78, 5) is 15.7. The predicted molar refractivity (Wildman–Crippen MR) is 112 cm³/mol. The molecule has 2 aliphatic rings. The van der Waals surface area contributed by atoms with Crippen molar-refractivity contribution < 1.29 is 19.0 Å². The third-order valence-electron chi connectivity index (χ3n) is 4.76. The quantitative estimate of drug-likeness (QED) is 0.625. The van der Waals surface area contributed by atoms with Crippen LogP contribution in [0.5, 0.6) is 0 Å². The van der Waals surface area contributed by atoms with Crippen LogP contribution in [0.4, 0.5) is 4.79 Å². The van der Waals surface area contributed by atoms with Crippen LogP contribution in [0.2, 0.25) is 5.02 Å². The van der Waals surface area contributed by atoms with Crippen molar-refractivity contribution in [2.75, 3.05) is 5.75 Å². The van der Waals surface area contributed by atoms with Crippen LogP contribution in [0.25, 0.3) is 0 Å². The number of carbonyl (C=O) groups excluding carboxylic acids is 1. The minimum absolute atomic E-state index is 0.151. The molecule has 2 aliphatic heterocycles. The molecule has 2 heterocycles. The summed E-state index contributed by atoms with van der Waals surface area (Å²) in [6.45, 7) is 9.19. The van der Waals surface area contributed by atoms with E-state index in [1.54, 1.807) is 16.7 Å². The molecule has 0 radical (unpaired) electrons. The van der Waals surface area contributed by atoms with Gasteiger partial charge in [-0.25, -0.2) is 4.79 Å². The molecule has 0 bridgehead atoms. The van der Waals surface area contributed by atoms with Crippen molar-refractivity contribution in [2.45, 2.75) is 81.6 Å². The molecular weight excluding hydrogens is 412 g/mol. The number of halogens is 1. The predicted octanol–water partition coefficient (Wildman–Crippen LogP) is 4.85. The first-order chi connectivity index (χ1) is 13.5. The van der Waals surface area contributed by atoms with Crippen LogP contribution in [0.3, 0.4) is 0 Å². The Morgan fingerprint density at radius 3 is 2.55 bits per heavy atom. The molecule has 6 nitrogen and oxygen atoms in total. The van der Waals surface area contributed by atoms with Crippen molar-refractivity contribution in [3.63, 3.8) is 0 Å². The number of hydrogen-bond donors (Lipinski definition) is 0. The van der Waals surface area contributed by atoms with E-state index < -0.39 is 23.5 Å². The van der Waals surface area contributed by atoms with Gasteiger partial charge in [-0.3, -0.25) is 4.90 Å². The third-order valence-corrected chi connectivity index (χ3v) is 6.09. The molecular formula is C21H27ClN2O4S. The van der Waals surface area contributed by atoms with E-state index in [0.717, 1.165) is 4.90 Å². The van der Waals surface area contributed by atoms with Crippen molar-refractivity contribution in [1.82, 2.24) is 4.90 Å². The van der Waals surface area contributed by atoms with E-state index >= 15 is 0 Å². The number of ether oxygens (including phenoxy) is 3. The fourth-order valence-corrected chi connectivity index (χ4v) is 5.14. The molecule has 2 saturated heterocycles. The van der Waals surface area contributed by atoms with Crippen LogP contribution in [-0.2, 0) is 14.2 Å². The topological polar surface area (TPSA) is 71.8 Å². The number of likely N-dealkylation sites (tertiary alicyclic amines) is 1. The van der Waals surface area contributed by atoms with Crippen LogP contribution in [0, 0.1) is 11.3 Å². The number of hydrogen-bond acceptors (Lipinski definition) is 6. The maximum absolute atomic E-state index is 13.1. The molecule has 1 aromatic rings. The lowest BCUT2D eigenvalue weighted by atomic mass is 10.1. The SMILES string of the molecule is CC(C)(C)OC(=O)N1[C@H](CSc2cccc(Cl)c2)[C@H]2OC(C)(C)O[C@H]2[C@@H]1CC#N. The molecule has 0 aliphatic carbocycles. The van der Waals surface area contributed by atoms with Crippen molar-refractivity contribution in [1.29, 1.82) is 5.26 Å². The standard InChI is InChI=1S/C21H27ClN2O4S/c1-20(2,3)28-19(25)24-15(9-10-23)17-18(27-21(4,5)26-17)16(24)12-29-14-8-6-7-13(22)11-14/h6-8,11,15-18H,9,12H2,1-5H3/t15-,16+,17-,18+/m0/s1. The molecule has 158 valence electrons. The van der Waals surface area contributed by atoms with E-state index in [4.69, 9.17) is 25.8 Å². The lowest BCUT2D eigenvalue weighted by Crippen LogP contribution is -2.49. The van der Waals surface area contributed by atoms with Gasteiger partial charge >= 0.3 is 6.09 Å². The van der Waals surface area contributed by atoms with Crippen LogP contribution in [0.1, 0.15) is 41.0 Å². The molecule has 1 aromatic carbocycles. The zero-order valence-corrected chi connectivity index (χ0v) is 18.9. The summed E-state index contributed by atoms with van der Waals surface area (Å²) in [5, 5.41) is 10.0. The Balaban J connectivity index is 1.88. The highest BCUT2D eigenvalue weighted by atomic mass is 35.5. The maximum atomic E-state index is 13.1. The molecule has 8 heteroatoms. The Morgan fingerprint density at radius 2 is 1.97 bits per heavy atom. The lowest BCUT2D eigenvalue weighted by molar-refractivity contribution is -0.165. The number of amides is 1. The van der Waals surface area contributed by atoms with Crippen LogP contribution >= 0.6 is 23.4 Å². The number of rotatable bonds is 4. The van der Waals surface area contributed by atoms with E-state index in [0.29, 0.717) is 10.8 Å². The van der Waals surface area contributed by atoms with E-state index in [-0.39, 0.29) is 24.7 Å². The average molecular weight is 439 g/mol. The van der Waals surface area contributed by atoms with Gasteiger partial charge in [0.05, 0.1) is 24.6 Å². The first kappa shape index (κ1) is 22.2. The minimum atomic E-state index is -0.762.